The molecule has 3 aromatic rings. The van der Waals surface area contributed by atoms with Crippen LogP contribution in [0.1, 0.15) is 20.8 Å². The minimum absolute atomic E-state index is 0.231. The Morgan fingerprint density at radius 3 is 2.69 bits per heavy atom. The zero-order valence-electron chi connectivity index (χ0n) is 14.2. The molecule has 0 aliphatic carbocycles. The van der Waals surface area contributed by atoms with Crippen molar-refractivity contribution in [2.45, 2.75) is 6.61 Å². The summed E-state index contributed by atoms with van der Waals surface area (Å²) in [6, 6.07) is 18.9. The number of amides is 1. The number of benzene rings is 2. The van der Waals surface area contributed by atoms with Gasteiger partial charge in [-0.1, -0.05) is 36.4 Å². The third-order valence-electron chi connectivity index (χ3n) is 3.55. The van der Waals surface area contributed by atoms with Gasteiger partial charge in [0.15, 0.2) is 11.5 Å². The first-order chi connectivity index (χ1) is 12.8. The topological polar surface area (TPSA) is 59.9 Å². The van der Waals surface area contributed by atoms with Gasteiger partial charge in [0.2, 0.25) is 0 Å². The summed E-state index contributed by atoms with van der Waals surface area (Å²) < 4.78 is 11.2. The second kappa shape index (κ2) is 8.82. The van der Waals surface area contributed by atoms with E-state index in [2.05, 4.69) is 10.5 Å². The van der Waals surface area contributed by atoms with Crippen LogP contribution in [0.4, 0.5) is 0 Å². The molecule has 3 rings (SSSR count). The van der Waals surface area contributed by atoms with Crippen LogP contribution < -0.4 is 14.9 Å². The van der Waals surface area contributed by atoms with Crippen molar-refractivity contribution in [1.29, 1.82) is 0 Å². The third-order valence-corrected chi connectivity index (χ3v) is 4.42. The summed E-state index contributed by atoms with van der Waals surface area (Å²) in [6.45, 7) is 0.437. The SMILES string of the molecule is COc1ccc(/C=N/NC(=O)c2cccs2)cc1OCc1ccccc1. The van der Waals surface area contributed by atoms with E-state index in [9.17, 15) is 4.79 Å². The van der Waals surface area contributed by atoms with Crippen LogP contribution in [0, 0.1) is 0 Å². The van der Waals surface area contributed by atoms with E-state index >= 15 is 0 Å². The van der Waals surface area contributed by atoms with Gasteiger partial charge < -0.3 is 9.47 Å². The molecule has 1 aromatic heterocycles. The van der Waals surface area contributed by atoms with Gasteiger partial charge in [0.25, 0.3) is 5.91 Å². The number of thiophene rings is 1. The lowest BCUT2D eigenvalue weighted by atomic mass is 10.2. The summed E-state index contributed by atoms with van der Waals surface area (Å²) in [6.07, 6.45) is 1.57. The fourth-order valence-electron chi connectivity index (χ4n) is 2.25. The highest BCUT2D eigenvalue weighted by Gasteiger charge is 2.07. The summed E-state index contributed by atoms with van der Waals surface area (Å²) >= 11 is 1.37. The first-order valence-electron chi connectivity index (χ1n) is 7.98. The van der Waals surface area contributed by atoms with E-state index in [0.717, 1.165) is 11.1 Å². The van der Waals surface area contributed by atoms with E-state index in [4.69, 9.17) is 9.47 Å². The average Bonchev–Trinajstić information content (AvgIpc) is 3.22. The molecular weight excluding hydrogens is 348 g/mol. The standard InChI is InChI=1S/C20H18N2O3S/c1-24-17-10-9-16(13-21-22-20(23)19-8-5-11-26-19)12-18(17)25-14-15-6-3-2-4-7-15/h2-13H,14H2,1H3,(H,22,23)/b21-13+. The van der Waals surface area contributed by atoms with E-state index in [1.165, 1.54) is 11.3 Å². The van der Waals surface area contributed by atoms with Gasteiger partial charge in [-0.25, -0.2) is 5.43 Å². The highest BCUT2D eigenvalue weighted by atomic mass is 32.1. The molecule has 0 bridgehead atoms. The molecule has 0 radical (unpaired) electrons. The zero-order valence-corrected chi connectivity index (χ0v) is 15.0. The lowest BCUT2D eigenvalue weighted by Crippen LogP contribution is -2.16. The molecule has 0 aliphatic rings. The maximum Gasteiger partial charge on any atom is 0.281 e. The minimum Gasteiger partial charge on any atom is -0.493 e. The molecule has 0 saturated heterocycles. The number of nitrogens with zero attached hydrogens (tertiary/aromatic N) is 1. The van der Waals surface area contributed by atoms with Crippen LogP contribution >= 0.6 is 11.3 Å². The van der Waals surface area contributed by atoms with E-state index in [0.29, 0.717) is 23.0 Å². The summed E-state index contributed by atoms with van der Waals surface area (Å²) in [7, 11) is 1.60. The molecule has 0 atom stereocenters. The van der Waals surface area contributed by atoms with Gasteiger partial charge in [0.1, 0.15) is 6.61 Å². The Morgan fingerprint density at radius 1 is 1.12 bits per heavy atom. The second-order valence-corrected chi connectivity index (χ2v) is 6.31. The van der Waals surface area contributed by atoms with Gasteiger partial charge in [-0.15, -0.1) is 11.3 Å². The second-order valence-electron chi connectivity index (χ2n) is 5.36. The van der Waals surface area contributed by atoms with Crippen LogP contribution in [0.25, 0.3) is 0 Å². The predicted molar refractivity (Wildman–Crippen MR) is 103 cm³/mol. The first-order valence-corrected chi connectivity index (χ1v) is 8.86. The van der Waals surface area contributed by atoms with Gasteiger partial charge in [-0.2, -0.15) is 5.10 Å². The molecule has 2 aromatic carbocycles. The Kier molecular flexibility index (Phi) is 6.01. The molecular formula is C20H18N2O3S. The van der Waals surface area contributed by atoms with Gasteiger partial charge >= 0.3 is 0 Å². The molecule has 0 unspecified atom stereocenters. The van der Waals surface area contributed by atoms with Gasteiger partial charge in [0.05, 0.1) is 18.2 Å². The van der Waals surface area contributed by atoms with Crippen molar-refractivity contribution in [2.75, 3.05) is 7.11 Å². The number of methoxy groups -OCH3 is 1. The van der Waals surface area contributed by atoms with Crippen molar-refractivity contribution < 1.29 is 14.3 Å². The van der Waals surface area contributed by atoms with E-state index in [1.807, 2.05) is 60.0 Å². The van der Waals surface area contributed by atoms with Crippen LogP contribution in [0.2, 0.25) is 0 Å². The largest absolute Gasteiger partial charge is 0.493 e. The molecule has 1 amide bonds. The van der Waals surface area contributed by atoms with Gasteiger partial charge in [-0.3, -0.25) is 4.79 Å². The lowest BCUT2D eigenvalue weighted by Gasteiger charge is -2.11. The summed E-state index contributed by atoms with van der Waals surface area (Å²) in [5, 5.41) is 5.84. The Bertz CT molecular complexity index is 877. The van der Waals surface area contributed by atoms with Crippen molar-refractivity contribution in [3.05, 3.63) is 82.0 Å². The van der Waals surface area contributed by atoms with E-state index in [1.54, 1.807) is 19.4 Å². The fourth-order valence-corrected chi connectivity index (χ4v) is 2.86. The van der Waals surface area contributed by atoms with Crippen LogP contribution in [-0.4, -0.2) is 19.2 Å². The number of hydrogen-bond donors (Lipinski definition) is 1. The Labute approximate surface area is 155 Å². The molecule has 1 heterocycles. The Morgan fingerprint density at radius 2 is 1.96 bits per heavy atom. The molecule has 5 nitrogen and oxygen atoms in total. The number of carbonyl (C=O) groups excluding carboxylic acids is 1. The van der Waals surface area contributed by atoms with E-state index in [-0.39, 0.29) is 5.91 Å². The highest BCUT2D eigenvalue weighted by Crippen LogP contribution is 2.28. The summed E-state index contributed by atoms with van der Waals surface area (Å²) in [5.74, 6) is 1.02. The van der Waals surface area contributed by atoms with Crippen LogP contribution in [-0.2, 0) is 6.61 Å². The average molecular weight is 366 g/mol. The highest BCUT2D eigenvalue weighted by molar-refractivity contribution is 7.12. The Hall–Kier alpha value is -3.12. The monoisotopic (exact) mass is 366 g/mol. The smallest absolute Gasteiger partial charge is 0.281 e. The third kappa shape index (κ3) is 4.70. The summed E-state index contributed by atoms with van der Waals surface area (Å²) in [5.41, 5.74) is 4.37. The zero-order chi connectivity index (χ0) is 18.2. The van der Waals surface area contributed by atoms with Crippen molar-refractivity contribution in [1.82, 2.24) is 5.43 Å². The number of carbonyl (C=O) groups is 1. The molecule has 26 heavy (non-hydrogen) atoms. The quantitative estimate of drug-likeness (QED) is 0.506. The molecule has 1 N–H and O–H groups in total. The van der Waals surface area contributed by atoms with Crippen molar-refractivity contribution in [3.8, 4) is 11.5 Å². The Balaban J connectivity index is 1.66. The molecule has 6 heteroatoms. The van der Waals surface area contributed by atoms with Gasteiger partial charge in [-0.05, 0) is 40.8 Å². The molecule has 0 spiro atoms. The minimum atomic E-state index is -0.231. The molecule has 0 saturated carbocycles. The number of nitrogens with one attached hydrogen (secondary N) is 1. The van der Waals surface area contributed by atoms with Crippen LogP contribution in [0.3, 0.4) is 0 Å². The molecule has 0 fully saturated rings. The molecule has 0 aliphatic heterocycles. The first kappa shape index (κ1) is 17.7. The van der Waals surface area contributed by atoms with Gasteiger partial charge in [0, 0.05) is 0 Å². The van der Waals surface area contributed by atoms with E-state index < -0.39 is 0 Å². The van der Waals surface area contributed by atoms with Crippen LogP contribution in [0.15, 0.2) is 71.1 Å². The van der Waals surface area contributed by atoms with Crippen molar-refractivity contribution in [3.63, 3.8) is 0 Å². The number of hydrogen-bond acceptors (Lipinski definition) is 5. The van der Waals surface area contributed by atoms with Crippen LogP contribution in [0.5, 0.6) is 11.5 Å². The number of ether oxygens (including phenoxy) is 2. The normalized spacial score (nSPS) is 10.7. The van der Waals surface area contributed by atoms with Crippen molar-refractivity contribution in [2.24, 2.45) is 5.10 Å². The lowest BCUT2D eigenvalue weighted by molar-refractivity contribution is 0.0959. The summed E-state index contributed by atoms with van der Waals surface area (Å²) in [4.78, 5) is 12.5. The maximum absolute atomic E-state index is 11.9. The molecule has 132 valence electrons. The number of rotatable bonds is 7. The maximum atomic E-state index is 11.9. The predicted octanol–water partition coefficient (Wildman–Crippen LogP) is 4.10. The van der Waals surface area contributed by atoms with Crippen molar-refractivity contribution >= 4 is 23.5 Å². The fraction of sp³-hybridized carbons (Fsp3) is 0.100. The number of hydrazone groups is 1.